The Hall–Kier alpha value is -0.440. The second-order valence-electron chi connectivity index (χ2n) is 4.50. The van der Waals surface area contributed by atoms with Crippen LogP contribution in [-0.2, 0) is 19.3 Å². The van der Waals surface area contributed by atoms with Gasteiger partial charge >= 0.3 is 0 Å². The summed E-state index contributed by atoms with van der Waals surface area (Å²) in [6, 6.07) is 0. The Balaban J connectivity index is 2.24. The molecule has 1 aliphatic rings. The lowest BCUT2D eigenvalue weighted by Gasteiger charge is -2.25. The number of aliphatic hydroxyl groups excluding tert-OH is 1. The first-order valence-electron chi connectivity index (χ1n) is 5.71. The van der Waals surface area contributed by atoms with Gasteiger partial charge in [-0.15, -0.1) is 0 Å². The van der Waals surface area contributed by atoms with Gasteiger partial charge in [-0.2, -0.15) is 0 Å². The fourth-order valence-corrected chi connectivity index (χ4v) is 4.17. The first kappa shape index (κ1) is 15.6. The number of hydrogen-bond acceptors (Lipinski definition) is 6. The fraction of sp³-hybridized carbons (Fsp3) is 0.900. The van der Waals surface area contributed by atoms with Crippen molar-refractivity contribution in [1.82, 2.24) is 5.32 Å². The highest BCUT2D eigenvalue weighted by Gasteiger charge is 2.39. The van der Waals surface area contributed by atoms with E-state index in [1.165, 1.54) is 0 Å². The van der Waals surface area contributed by atoms with E-state index in [-0.39, 0.29) is 36.5 Å². The molecule has 0 saturated carbocycles. The minimum absolute atomic E-state index is 0.0291. The second kappa shape index (κ2) is 6.65. The van der Waals surface area contributed by atoms with Crippen molar-refractivity contribution in [3.8, 4) is 0 Å². The molecule has 0 unspecified atom stereocenters. The van der Waals surface area contributed by atoms with Gasteiger partial charge in [0.2, 0.25) is 0 Å². The summed E-state index contributed by atoms with van der Waals surface area (Å²) < 4.78 is 33.0. The maximum atomic E-state index is 11.4. The first-order chi connectivity index (χ1) is 8.37. The summed E-state index contributed by atoms with van der Waals surface area (Å²) in [5, 5.41) is 11.6. The largest absolute Gasteiger partial charge is 0.469 e. The highest BCUT2D eigenvalue weighted by atomic mass is 32.2. The van der Waals surface area contributed by atoms with E-state index in [0.29, 0.717) is 13.0 Å². The van der Waals surface area contributed by atoms with Crippen molar-refractivity contribution in [2.45, 2.75) is 18.9 Å². The van der Waals surface area contributed by atoms with E-state index < -0.39 is 15.4 Å². The molecule has 0 spiro atoms. The molecule has 18 heavy (non-hydrogen) atoms. The molecule has 0 aliphatic carbocycles. The predicted octanol–water partition coefficient (Wildman–Crippen LogP) is -0.536. The summed E-state index contributed by atoms with van der Waals surface area (Å²) in [6.07, 6.45) is 0.528. The number of aliphatic hydroxyl groups is 1. The number of hydrogen-bond donors (Lipinski definition) is 2. The molecule has 1 rings (SSSR count). The molecule has 0 radical (unpaired) electrons. The van der Waals surface area contributed by atoms with E-state index in [1.54, 1.807) is 0 Å². The van der Waals surface area contributed by atoms with Crippen molar-refractivity contribution in [1.29, 1.82) is 0 Å². The summed E-state index contributed by atoms with van der Waals surface area (Å²) in [6.45, 7) is 2.65. The van der Waals surface area contributed by atoms with Gasteiger partial charge in [0.05, 0.1) is 36.9 Å². The summed E-state index contributed by atoms with van der Waals surface area (Å²) in [7, 11) is -2.96. The topological polar surface area (TPSA) is 84.9 Å². The van der Waals surface area contributed by atoms with Gasteiger partial charge in [-0.1, -0.05) is 0 Å². The zero-order chi connectivity index (χ0) is 13.6. The molecule has 1 saturated heterocycles. The monoisotopic (exact) mass is 297 g/mol. The van der Waals surface area contributed by atoms with Crippen LogP contribution in [0.4, 0.5) is 0 Å². The van der Waals surface area contributed by atoms with Crippen LogP contribution in [0.5, 0.6) is 0 Å². The van der Waals surface area contributed by atoms with Gasteiger partial charge in [-0.05, 0) is 25.6 Å². The quantitative estimate of drug-likeness (QED) is 0.503. The molecular formula is C10H19NO5S2. The smallest absolute Gasteiger partial charge is 0.257 e. The van der Waals surface area contributed by atoms with Crippen LogP contribution in [0, 0.1) is 0 Å². The maximum absolute atomic E-state index is 11.4. The number of ether oxygens (including phenoxy) is 2. The van der Waals surface area contributed by atoms with Crippen LogP contribution in [0.3, 0.4) is 0 Å². The van der Waals surface area contributed by atoms with Crippen molar-refractivity contribution < 1.29 is 23.0 Å². The van der Waals surface area contributed by atoms with E-state index in [2.05, 4.69) is 5.32 Å². The van der Waals surface area contributed by atoms with Gasteiger partial charge in [0, 0.05) is 0 Å². The Morgan fingerprint density at radius 3 is 2.72 bits per heavy atom. The standard InChI is InChI=1S/C10H19NO5S2/c1-10(2-7-18(13,14)8-10)11-9(17)16-6-5-15-4-3-12/h12H,2-8H2,1H3,(H,11,17)/t10-/m0/s1. The van der Waals surface area contributed by atoms with E-state index in [4.69, 9.17) is 26.8 Å². The van der Waals surface area contributed by atoms with Crippen LogP contribution in [-0.4, -0.2) is 62.2 Å². The summed E-state index contributed by atoms with van der Waals surface area (Å²) in [4.78, 5) is 0. The molecule has 1 heterocycles. The van der Waals surface area contributed by atoms with Crippen LogP contribution >= 0.6 is 12.2 Å². The molecule has 1 fully saturated rings. The SMILES string of the molecule is C[C@]1(NC(=S)OCCOCCO)CCS(=O)(=O)C1. The third-order valence-electron chi connectivity index (χ3n) is 2.60. The van der Waals surface area contributed by atoms with Gasteiger partial charge in [0.1, 0.15) is 6.61 Å². The van der Waals surface area contributed by atoms with Gasteiger partial charge in [-0.3, -0.25) is 0 Å². The summed E-state index contributed by atoms with van der Waals surface area (Å²) >= 11 is 4.98. The minimum Gasteiger partial charge on any atom is -0.469 e. The van der Waals surface area contributed by atoms with E-state index in [0.717, 1.165) is 0 Å². The van der Waals surface area contributed by atoms with Gasteiger partial charge in [0.15, 0.2) is 9.84 Å². The van der Waals surface area contributed by atoms with Crippen molar-refractivity contribution in [3.05, 3.63) is 0 Å². The van der Waals surface area contributed by atoms with E-state index in [9.17, 15) is 8.42 Å². The lowest BCUT2D eigenvalue weighted by atomic mass is 10.0. The number of sulfone groups is 1. The lowest BCUT2D eigenvalue weighted by Crippen LogP contribution is -2.47. The molecule has 8 heteroatoms. The number of rotatable bonds is 6. The first-order valence-corrected chi connectivity index (χ1v) is 7.94. The van der Waals surface area contributed by atoms with Crippen LogP contribution in [0.1, 0.15) is 13.3 Å². The molecule has 6 nitrogen and oxygen atoms in total. The lowest BCUT2D eigenvalue weighted by molar-refractivity contribution is 0.0671. The average Bonchev–Trinajstić information content (AvgIpc) is 2.52. The zero-order valence-electron chi connectivity index (χ0n) is 10.3. The van der Waals surface area contributed by atoms with Crippen molar-refractivity contribution in [2.24, 2.45) is 0 Å². The van der Waals surface area contributed by atoms with Gasteiger partial charge in [0.25, 0.3) is 5.17 Å². The third kappa shape index (κ3) is 5.47. The van der Waals surface area contributed by atoms with E-state index in [1.807, 2.05) is 6.92 Å². The number of thiocarbonyl (C=S) groups is 1. The van der Waals surface area contributed by atoms with Crippen molar-refractivity contribution >= 4 is 27.2 Å². The molecule has 0 aromatic rings. The van der Waals surface area contributed by atoms with Gasteiger partial charge < -0.3 is 19.9 Å². The highest BCUT2D eigenvalue weighted by Crippen LogP contribution is 2.22. The Bertz CT molecular complexity index is 384. The second-order valence-corrected chi connectivity index (χ2v) is 7.05. The van der Waals surface area contributed by atoms with Gasteiger partial charge in [-0.25, -0.2) is 8.42 Å². The Morgan fingerprint density at radius 1 is 1.44 bits per heavy atom. The molecule has 2 N–H and O–H groups in total. The maximum Gasteiger partial charge on any atom is 0.257 e. The molecule has 1 aliphatic heterocycles. The molecule has 1 atom stereocenters. The Labute approximate surface area is 113 Å². The molecule has 106 valence electrons. The minimum atomic E-state index is -2.96. The molecule has 0 bridgehead atoms. The normalized spacial score (nSPS) is 25.9. The van der Waals surface area contributed by atoms with Crippen LogP contribution < -0.4 is 5.32 Å². The van der Waals surface area contributed by atoms with E-state index >= 15 is 0 Å². The molecule has 0 aromatic heterocycles. The Morgan fingerprint density at radius 2 is 2.17 bits per heavy atom. The highest BCUT2D eigenvalue weighted by molar-refractivity contribution is 7.91. The van der Waals surface area contributed by atoms with Crippen LogP contribution in [0.15, 0.2) is 0 Å². The summed E-state index contributed by atoms with van der Waals surface area (Å²) in [5.74, 6) is 0.253. The zero-order valence-corrected chi connectivity index (χ0v) is 12.0. The average molecular weight is 297 g/mol. The Kier molecular flexibility index (Phi) is 5.77. The van der Waals surface area contributed by atoms with Crippen molar-refractivity contribution in [3.63, 3.8) is 0 Å². The van der Waals surface area contributed by atoms with Crippen LogP contribution in [0.25, 0.3) is 0 Å². The fourth-order valence-electron chi connectivity index (χ4n) is 1.75. The molecule has 0 amide bonds. The van der Waals surface area contributed by atoms with Crippen molar-refractivity contribution in [2.75, 3.05) is 37.9 Å². The molecular weight excluding hydrogens is 278 g/mol. The van der Waals surface area contributed by atoms with Crippen LogP contribution in [0.2, 0.25) is 0 Å². The summed E-state index contributed by atoms with van der Waals surface area (Å²) in [5.41, 5.74) is -0.540. The molecule has 0 aromatic carbocycles. The third-order valence-corrected chi connectivity index (χ3v) is 4.73. The predicted molar refractivity (Wildman–Crippen MR) is 71.3 cm³/mol. The number of nitrogens with one attached hydrogen (secondary N) is 1.